The summed E-state index contributed by atoms with van der Waals surface area (Å²) in [7, 11) is -4.28. The van der Waals surface area contributed by atoms with Crippen molar-refractivity contribution in [2.24, 2.45) is 0 Å². The van der Waals surface area contributed by atoms with Crippen molar-refractivity contribution in [3.8, 4) is 0 Å². The third kappa shape index (κ3) is 8.03. The third-order valence-corrected chi connectivity index (χ3v) is 11.5. The number of benzene rings is 6. The van der Waals surface area contributed by atoms with Crippen LogP contribution in [-0.2, 0) is 39.7 Å². The van der Waals surface area contributed by atoms with Gasteiger partial charge in [0, 0.05) is 6.20 Å². The topological polar surface area (TPSA) is 126 Å². The van der Waals surface area contributed by atoms with Crippen molar-refractivity contribution in [1.82, 2.24) is 9.55 Å². The van der Waals surface area contributed by atoms with Crippen molar-refractivity contribution in [2.45, 2.75) is 35.7 Å². The van der Waals surface area contributed by atoms with E-state index in [9.17, 15) is 18.0 Å². The van der Waals surface area contributed by atoms with Crippen molar-refractivity contribution in [2.75, 3.05) is 12.9 Å². The van der Waals surface area contributed by atoms with Crippen molar-refractivity contribution < 1.29 is 26.8 Å². The highest BCUT2D eigenvalue weighted by Crippen LogP contribution is 2.47. The van der Waals surface area contributed by atoms with Crippen LogP contribution in [0.2, 0.25) is 5.02 Å². The molecule has 1 aliphatic heterocycles. The zero-order valence-corrected chi connectivity index (χ0v) is 34.0. The lowest BCUT2D eigenvalue weighted by molar-refractivity contribution is -0.130. The molecule has 7 aromatic rings. The number of hydrogen-bond acceptors (Lipinski definition) is 8. The number of aromatic amines is 1. The second-order valence-corrected chi connectivity index (χ2v) is 16.4. The van der Waals surface area contributed by atoms with Gasteiger partial charge in [-0.1, -0.05) is 194 Å². The average molecular weight is 841 g/mol. The Hall–Kier alpha value is -5.92. The summed E-state index contributed by atoms with van der Waals surface area (Å²) in [6.45, 7) is -0.218. The molecule has 60 heavy (non-hydrogen) atoms. The Morgan fingerprint density at radius 3 is 1.33 bits per heavy atom. The van der Waals surface area contributed by atoms with Crippen LogP contribution >= 0.6 is 11.6 Å². The fourth-order valence-corrected chi connectivity index (χ4v) is 8.83. The highest BCUT2D eigenvalue weighted by Gasteiger charge is 2.55. The predicted molar refractivity (Wildman–Crippen MR) is 229 cm³/mol. The van der Waals surface area contributed by atoms with E-state index in [-0.39, 0.29) is 11.6 Å². The van der Waals surface area contributed by atoms with Gasteiger partial charge in [0.05, 0.1) is 12.9 Å². The maximum Gasteiger partial charge on any atom is 0.330 e. The first-order valence-corrected chi connectivity index (χ1v) is 21.5. The molecule has 6 aromatic carbocycles. The van der Waals surface area contributed by atoms with E-state index in [4.69, 9.17) is 30.0 Å². The molecule has 2 heterocycles. The Kier molecular flexibility index (Phi) is 11.8. The molecule has 12 heteroatoms. The number of rotatable bonds is 14. The van der Waals surface area contributed by atoms with Gasteiger partial charge in [0.25, 0.3) is 15.7 Å². The smallest absolute Gasteiger partial charge is 0.330 e. The molecular weight excluding hydrogens is 800 g/mol. The van der Waals surface area contributed by atoms with E-state index in [1.54, 1.807) is 0 Å². The van der Waals surface area contributed by atoms with Crippen LogP contribution in [0.4, 0.5) is 0 Å². The van der Waals surface area contributed by atoms with Gasteiger partial charge in [-0.2, -0.15) is 8.42 Å². The molecule has 0 radical (unpaired) electrons. The first-order valence-electron chi connectivity index (χ1n) is 19.3. The van der Waals surface area contributed by atoms with Gasteiger partial charge in [-0.15, -0.1) is 0 Å². The molecule has 0 aliphatic carbocycles. The maximum absolute atomic E-state index is 13.6. The third-order valence-electron chi connectivity index (χ3n) is 10.6. The van der Waals surface area contributed by atoms with Crippen LogP contribution in [0.25, 0.3) is 0 Å². The molecule has 1 aliphatic rings. The molecule has 1 saturated heterocycles. The van der Waals surface area contributed by atoms with Gasteiger partial charge in [-0.25, -0.2) is 4.79 Å². The Morgan fingerprint density at radius 2 is 0.967 bits per heavy atom. The lowest BCUT2D eigenvalue weighted by Gasteiger charge is -2.41. The number of H-pyrrole nitrogens is 1. The number of nitrogens with one attached hydrogen (secondary N) is 1. The van der Waals surface area contributed by atoms with Crippen LogP contribution in [0.15, 0.2) is 198 Å². The van der Waals surface area contributed by atoms with Crippen molar-refractivity contribution in [1.29, 1.82) is 0 Å². The molecule has 4 atom stereocenters. The van der Waals surface area contributed by atoms with Gasteiger partial charge in [0.1, 0.15) is 28.4 Å². The first kappa shape index (κ1) is 40.8. The van der Waals surface area contributed by atoms with E-state index in [0.29, 0.717) is 0 Å². The van der Waals surface area contributed by atoms with Gasteiger partial charge < -0.3 is 14.2 Å². The number of aromatic nitrogens is 2. The normalized spacial score (nSPS) is 18.3. The molecule has 0 unspecified atom stereocenters. The first-order chi connectivity index (χ1) is 29.1. The molecule has 304 valence electrons. The summed E-state index contributed by atoms with van der Waals surface area (Å²) in [6.07, 6.45) is -3.41. The second-order valence-electron chi connectivity index (χ2n) is 14.4. The van der Waals surface area contributed by atoms with Gasteiger partial charge in [-0.05, 0) is 33.4 Å². The summed E-state index contributed by atoms with van der Waals surface area (Å²) in [4.78, 5) is 28.3. The Bertz CT molecular complexity index is 2550. The minimum Gasteiger partial charge on any atom is -0.358 e. The fraction of sp³-hybridized carbons (Fsp3) is 0.167. The van der Waals surface area contributed by atoms with E-state index in [1.807, 2.05) is 182 Å². The number of halogens is 1. The van der Waals surface area contributed by atoms with E-state index in [0.717, 1.165) is 50.4 Å². The lowest BCUT2D eigenvalue weighted by atomic mass is 9.79. The molecule has 1 fully saturated rings. The monoisotopic (exact) mass is 840 g/mol. The largest absolute Gasteiger partial charge is 0.358 e. The van der Waals surface area contributed by atoms with Crippen LogP contribution in [-0.4, -0.2) is 49.1 Å². The maximum atomic E-state index is 13.6. The number of ether oxygens (including phenoxy) is 3. The van der Waals surface area contributed by atoms with E-state index in [2.05, 4.69) is 4.98 Å². The molecule has 1 aromatic heterocycles. The molecule has 1 N–H and O–H groups in total. The molecule has 8 rings (SSSR count). The molecule has 10 nitrogen and oxygen atoms in total. The van der Waals surface area contributed by atoms with E-state index >= 15 is 0 Å². The fourth-order valence-electron chi connectivity index (χ4n) is 8.07. The summed E-state index contributed by atoms with van der Waals surface area (Å²) >= 11 is 6.31. The highest BCUT2D eigenvalue weighted by atomic mass is 35.5. The molecule has 0 bridgehead atoms. The zero-order chi connectivity index (χ0) is 41.7. The molecular formula is C48H41ClN2O8S. The van der Waals surface area contributed by atoms with Gasteiger partial charge in [0.15, 0.2) is 12.3 Å². The summed E-state index contributed by atoms with van der Waals surface area (Å²) in [5.74, 6) is 0. The van der Waals surface area contributed by atoms with Gasteiger partial charge in [-0.3, -0.25) is 18.5 Å². The van der Waals surface area contributed by atoms with Crippen LogP contribution in [0.1, 0.15) is 39.6 Å². The van der Waals surface area contributed by atoms with E-state index in [1.165, 1.54) is 0 Å². The Morgan fingerprint density at radius 1 is 0.600 bits per heavy atom. The quantitative estimate of drug-likeness (QED) is 0.0869. The number of nitrogens with zero attached hydrogens (tertiary/aromatic N) is 1. The molecule has 0 amide bonds. The highest BCUT2D eigenvalue weighted by molar-refractivity contribution is 7.86. The molecule has 0 spiro atoms. The Balaban J connectivity index is 1.36. The minimum atomic E-state index is -4.28. The SMILES string of the molecule is CS(=O)(=O)O[C@@H]1[C@H](OC(c2ccccc2)(c2ccccc2)c2ccccc2)[C@@H](COC(c2ccccc2)(c2ccccc2)c2ccccc2)O[C@H]1n1cc(Cl)c(=O)[nH]c1=O. The van der Waals surface area contributed by atoms with Crippen molar-refractivity contribution in [3.05, 3.63) is 247 Å². The summed E-state index contributed by atoms with van der Waals surface area (Å²) in [5.41, 5.74) is 0.254. The summed E-state index contributed by atoms with van der Waals surface area (Å²) in [5, 5.41) is -0.322. The Labute approximate surface area is 352 Å². The van der Waals surface area contributed by atoms with Crippen LogP contribution in [0, 0.1) is 0 Å². The van der Waals surface area contributed by atoms with Gasteiger partial charge >= 0.3 is 5.69 Å². The number of hydrogen-bond donors (Lipinski definition) is 1. The summed E-state index contributed by atoms with van der Waals surface area (Å²) < 4.78 is 55.3. The van der Waals surface area contributed by atoms with E-state index < -0.39 is 57.1 Å². The zero-order valence-electron chi connectivity index (χ0n) is 32.4. The second kappa shape index (κ2) is 17.4. The van der Waals surface area contributed by atoms with Crippen LogP contribution < -0.4 is 11.2 Å². The lowest BCUT2D eigenvalue weighted by Crippen LogP contribution is -2.48. The predicted octanol–water partition coefficient (Wildman–Crippen LogP) is 7.82. The van der Waals surface area contributed by atoms with Crippen molar-refractivity contribution in [3.63, 3.8) is 0 Å². The minimum absolute atomic E-state index is 0.218. The van der Waals surface area contributed by atoms with Crippen LogP contribution in [0.5, 0.6) is 0 Å². The van der Waals surface area contributed by atoms with Crippen molar-refractivity contribution >= 4 is 21.7 Å². The standard InChI is InChI=1S/C48H41ClN2O8S/c1-60(54,55)59-43-42(58-48(37-26-14-5-15-27-37,38-28-16-6-17-29-38)39-30-18-7-19-31-39)41(57-45(43)51-32-40(49)44(52)50-46(51)53)33-56-47(34-20-8-2-9-21-34,35-22-10-3-11-23-35)36-24-12-4-13-25-36/h2-32,41-43,45H,33H2,1H3,(H,50,52,53)/t41-,42-,43-,45-/m1/s1. The molecule has 0 saturated carbocycles. The summed E-state index contributed by atoms with van der Waals surface area (Å²) in [6, 6.07) is 57.9. The van der Waals surface area contributed by atoms with Gasteiger partial charge in [0.2, 0.25) is 0 Å². The average Bonchev–Trinajstić information content (AvgIpc) is 3.60. The van der Waals surface area contributed by atoms with Crippen LogP contribution in [0.3, 0.4) is 0 Å².